The Morgan fingerprint density at radius 1 is 1.17 bits per heavy atom. The molecule has 1 aromatic carbocycles. The van der Waals surface area contributed by atoms with E-state index in [1.54, 1.807) is 65.7 Å². The van der Waals surface area contributed by atoms with Gasteiger partial charge < -0.3 is 14.6 Å². The summed E-state index contributed by atoms with van der Waals surface area (Å²) in [6.45, 7) is 0.403. The number of pyridine rings is 1. The van der Waals surface area contributed by atoms with Gasteiger partial charge in [-0.05, 0) is 30.3 Å². The highest BCUT2D eigenvalue weighted by Gasteiger charge is 2.14. The fourth-order valence-corrected chi connectivity index (χ4v) is 4.43. The van der Waals surface area contributed by atoms with Crippen molar-refractivity contribution in [2.24, 2.45) is 7.05 Å². The van der Waals surface area contributed by atoms with Crippen LogP contribution in [0, 0.1) is 0 Å². The Balaban J connectivity index is 1.41. The van der Waals surface area contributed by atoms with Crippen molar-refractivity contribution in [1.82, 2.24) is 34.4 Å². The Labute approximate surface area is 214 Å². The summed E-state index contributed by atoms with van der Waals surface area (Å²) in [5.41, 5.74) is 1.66. The molecule has 0 aliphatic rings. The zero-order valence-electron chi connectivity index (χ0n) is 19.0. The van der Waals surface area contributed by atoms with Crippen LogP contribution in [-0.4, -0.2) is 35.0 Å². The number of hydrogen-bond acceptors (Lipinski definition) is 7. The molecule has 10 nitrogen and oxygen atoms in total. The molecule has 0 atom stereocenters. The number of benzene rings is 1. The van der Waals surface area contributed by atoms with Crippen molar-refractivity contribution in [3.05, 3.63) is 104 Å². The van der Waals surface area contributed by atoms with Gasteiger partial charge in [0.25, 0.3) is 11.5 Å². The first kappa shape index (κ1) is 23.5. The van der Waals surface area contributed by atoms with E-state index in [0.717, 1.165) is 5.82 Å². The lowest BCUT2D eigenvalue weighted by Crippen LogP contribution is -2.21. The standard InChI is InChI=1S/C24H20ClN7O3S/c1-30-11-9-26-22(30)15-35-19-12-17(31-10-3-2-4-23(31)33)5-6-18(19)32-14-16(28-29-32)13-27-24(34)20-7-8-21(25)36-20/h2-12,14H,13,15H2,1H3,(H,27,34). The summed E-state index contributed by atoms with van der Waals surface area (Å²) in [5, 5.41) is 11.2. The molecule has 0 saturated carbocycles. The van der Waals surface area contributed by atoms with Crippen molar-refractivity contribution in [1.29, 1.82) is 0 Å². The number of nitrogens with zero attached hydrogens (tertiary/aromatic N) is 6. The lowest BCUT2D eigenvalue weighted by Gasteiger charge is -2.14. The number of nitrogens with one attached hydrogen (secondary N) is 1. The van der Waals surface area contributed by atoms with Crippen LogP contribution in [0.1, 0.15) is 21.2 Å². The van der Waals surface area contributed by atoms with Gasteiger partial charge in [-0.25, -0.2) is 9.67 Å². The predicted molar refractivity (Wildman–Crippen MR) is 135 cm³/mol. The first-order valence-electron chi connectivity index (χ1n) is 10.8. The third kappa shape index (κ3) is 5.07. The van der Waals surface area contributed by atoms with E-state index < -0.39 is 0 Å². The number of rotatable bonds is 8. The number of thiophene rings is 1. The molecule has 4 aromatic heterocycles. The fraction of sp³-hybridized carbons (Fsp3) is 0.125. The van der Waals surface area contributed by atoms with Crippen LogP contribution < -0.4 is 15.6 Å². The van der Waals surface area contributed by atoms with Crippen LogP contribution in [0.25, 0.3) is 11.4 Å². The minimum atomic E-state index is -0.238. The van der Waals surface area contributed by atoms with Crippen molar-refractivity contribution in [2.75, 3.05) is 0 Å². The average Bonchev–Trinajstić information content (AvgIpc) is 3.63. The molecule has 0 saturated heterocycles. The van der Waals surface area contributed by atoms with Crippen molar-refractivity contribution in [3.8, 4) is 17.1 Å². The second kappa shape index (κ2) is 10.2. The number of carbonyl (C=O) groups is 1. The minimum Gasteiger partial charge on any atom is -0.483 e. The first-order chi connectivity index (χ1) is 17.5. The number of imidazole rings is 1. The molecular weight excluding hydrogens is 502 g/mol. The lowest BCUT2D eigenvalue weighted by molar-refractivity contribution is 0.0954. The van der Waals surface area contributed by atoms with Gasteiger partial charge in [0.1, 0.15) is 29.6 Å². The summed E-state index contributed by atoms with van der Waals surface area (Å²) in [6, 6.07) is 13.7. The van der Waals surface area contributed by atoms with Crippen LogP contribution >= 0.6 is 22.9 Å². The molecule has 0 aliphatic carbocycles. The number of halogens is 1. The van der Waals surface area contributed by atoms with Gasteiger partial charge in [-0.3, -0.25) is 14.2 Å². The van der Waals surface area contributed by atoms with E-state index in [2.05, 4.69) is 20.6 Å². The molecule has 0 bridgehead atoms. The summed E-state index contributed by atoms with van der Waals surface area (Å²) >= 11 is 7.12. The van der Waals surface area contributed by atoms with Crippen LogP contribution in [0.4, 0.5) is 0 Å². The molecule has 0 fully saturated rings. The summed E-state index contributed by atoms with van der Waals surface area (Å²) in [4.78, 5) is 29.5. The largest absolute Gasteiger partial charge is 0.483 e. The number of hydrogen-bond donors (Lipinski definition) is 1. The predicted octanol–water partition coefficient (Wildman–Crippen LogP) is 3.38. The third-order valence-corrected chi connectivity index (χ3v) is 6.57. The Morgan fingerprint density at radius 3 is 2.81 bits per heavy atom. The second-order valence-corrected chi connectivity index (χ2v) is 9.46. The molecule has 0 radical (unpaired) electrons. The highest BCUT2D eigenvalue weighted by Crippen LogP contribution is 2.27. The molecule has 0 spiro atoms. The zero-order valence-corrected chi connectivity index (χ0v) is 20.6. The lowest BCUT2D eigenvalue weighted by atomic mass is 10.2. The van der Waals surface area contributed by atoms with Gasteiger partial charge in [0, 0.05) is 37.8 Å². The highest BCUT2D eigenvalue weighted by atomic mass is 35.5. The quantitative estimate of drug-likeness (QED) is 0.335. The minimum absolute atomic E-state index is 0.161. The van der Waals surface area contributed by atoms with Crippen molar-refractivity contribution < 1.29 is 9.53 Å². The Kier molecular flexibility index (Phi) is 6.65. The maximum atomic E-state index is 12.3. The maximum absolute atomic E-state index is 12.3. The van der Waals surface area contributed by atoms with Gasteiger partial charge in [-0.2, -0.15) is 0 Å². The van der Waals surface area contributed by atoms with E-state index in [-0.39, 0.29) is 24.6 Å². The van der Waals surface area contributed by atoms with Crippen LogP contribution in [0.3, 0.4) is 0 Å². The first-order valence-corrected chi connectivity index (χ1v) is 12.0. The smallest absolute Gasteiger partial charge is 0.261 e. The SMILES string of the molecule is Cn1ccnc1COc1cc(-n2ccccc2=O)ccc1-n1cc(CNC(=O)c2ccc(Cl)s2)nn1. The molecule has 12 heteroatoms. The van der Waals surface area contributed by atoms with E-state index >= 15 is 0 Å². The second-order valence-electron chi connectivity index (χ2n) is 7.74. The van der Waals surface area contributed by atoms with Crippen molar-refractivity contribution in [3.63, 3.8) is 0 Å². The average molecular weight is 522 g/mol. The van der Waals surface area contributed by atoms with Gasteiger partial charge in [-0.15, -0.1) is 16.4 Å². The number of aromatic nitrogens is 6. The number of aryl methyl sites for hydroxylation is 1. The molecule has 5 rings (SSSR count). The number of ether oxygens (including phenoxy) is 1. The van der Waals surface area contributed by atoms with Crippen LogP contribution in [-0.2, 0) is 20.2 Å². The third-order valence-electron chi connectivity index (χ3n) is 5.34. The Bertz CT molecular complexity index is 1590. The summed E-state index contributed by atoms with van der Waals surface area (Å²) in [7, 11) is 1.88. The monoisotopic (exact) mass is 521 g/mol. The molecule has 0 unspecified atom stereocenters. The normalized spacial score (nSPS) is 10.9. The molecule has 36 heavy (non-hydrogen) atoms. The van der Waals surface area contributed by atoms with Gasteiger partial charge in [0.2, 0.25) is 0 Å². The van der Waals surface area contributed by atoms with Gasteiger partial charge >= 0.3 is 0 Å². The zero-order chi connectivity index (χ0) is 25.1. The van der Waals surface area contributed by atoms with Gasteiger partial charge in [0.05, 0.1) is 27.6 Å². The summed E-state index contributed by atoms with van der Waals surface area (Å²) < 4.78 is 11.6. The molecule has 182 valence electrons. The molecule has 1 N–H and O–H groups in total. The number of carbonyl (C=O) groups excluding carboxylic acids is 1. The topological polar surface area (TPSA) is 109 Å². The van der Waals surface area contributed by atoms with E-state index in [4.69, 9.17) is 16.3 Å². The summed E-state index contributed by atoms with van der Waals surface area (Å²) in [5.74, 6) is 0.983. The van der Waals surface area contributed by atoms with E-state index in [0.29, 0.717) is 32.0 Å². The van der Waals surface area contributed by atoms with Crippen LogP contribution in [0.15, 0.2) is 78.1 Å². The molecule has 1 amide bonds. The molecule has 4 heterocycles. The Morgan fingerprint density at radius 2 is 2.06 bits per heavy atom. The van der Waals surface area contributed by atoms with Gasteiger partial charge in [0.15, 0.2) is 0 Å². The van der Waals surface area contributed by atoms with Crippen molar-refractivity contribution >= 4 is 28.8 Å². The Hall–Kier alpha value is -4.22. The molecule has 0 aliphatic heterocycles. The van der Waals surface area contributed by atoms with Crippen LogP contribution in [0.5, 0.6) is 5.75 Å². The maximum Gasteiger partial charge on any atom is 0.261 e. The van der Waals surface area contributed by atoms with Crippen molar-refractivity contribution in [2.45, 2.75) is 13.2 Å². The molecule has 5 aromatic rings. The fourth-order valence-electron chi connectivity index (χ4n) is 3.47. The van der Waals surface area contributed by atoms with E-state index in [1.165, 1.54) is 22.0 Å². The molecular formula is C24H20ClN7O3S. The van der Waals surface area contributed by atoms with E-state index in [1.807, 2.05) is 17.8 Å². The summed E-state index contributed by atoms with van der Waals surface area (Å²) in [6.07, 6.45) is 6.93. The van der Waals surface area contributed by atoms with Gasteiger partial charge in [-0.1, -0.05) is 22.9 Å². The van der Waals surface area contributed by atoms with Crippen LogP contribution in [0.2, 0.25) is 4.34 Å². The number of amides is 1. The van der Waals surface area contributed by atoms with E-state index in [9.17, 15) is 9.59 Å². The highest BCUT2D eigenvalue weighted by molar-refractivity contribution is 7.17.